The van der Waals surface area contributed by atoms with Crippen LogP contribution < -0.4 is 10.1 Å². The highest BCUT2D eigenvalue weighted by Gasteiger charge is 2.34. The minimum Gasteiger partial charge on any atom is -0.406 e. The summed E-state index contributed by atoms with van der Waals surface area (Å²) in [5, 5.41) is 9.86. The van der Waals surface area contributed by atoms with E-state index < -0.39 is 30.5 Å². The molecule has 12 heteroatoms. The van der Waals surface area contributed by atoms with Crippen LogP contribution in [0.2, 0.25) is 0 Å². The second-order valence-electron chi connectivity index (χ2n) is 7.34. The number of amides is 1. The fraction of sp³-hybridized carbons (Fsp3) is 0.273. The second-order valence-corrected chi connectivity index (χ2v) is 8.40. The molecule has 0 radical (unpaired) electrons. The number of alkyl halides is 5. The predicted octanol–water partition coefficient (Wildman–Crippen LogP) is 5.37. The second kappa shape index (κ2) is 9.92. The van der Waals surface area contributed by atoms with E-state index in [4.69, 9.17) is 0 Å². The number of rotatable bonds is 7. The Kier molecular flexibility index (Phi) is 7.39. The van der Waals surface area contributed by atoms with Gasteiger partial charge in [-0.1, -0.05) is 35.5 Å². The highest BCUT2D eigenvalue weighted by atomic mass is 32.2. The average molecular weight is 498 g/mol. The lowest BCUT2D eigenvalue weighted by Gasteiger charge is -2.20. The molecule has 0 saturated carbocycles. The number of nitrogens with one attached hydrogen (secondary N) is 1. The van der Waals surface area contributed by atoms with Gasteiger partial charge in [-0.25, -0.2) is 4.98 Å². The summed E-state index contributed by atoms with van der Waals surface area (Å²) in [6.07, 6.45) is -4.83. The van der Waals surface area contributed by atoms with Gasteiger partial charge in [0.25, 0.3) is 11.8 Å². The third-order valence-corrected chi connectivity index (χ3v) is 5.47. The number of aromatic nitrogens is 3. The maximum atomic E-state index is 14.7. The van der Waals surface area contributed by atoms with Crippen LogP contribution in [0.4, 0.5) is 22.0 Å². The van der Waals surface area contributed by atoms with Crippen molar-refractivity contribution in [2.75, 3.05) is 6.54 Å². The molecule has 1 N–H and O–H groups in total. The van der Waals surface area contributed by atoms with Crippen molar-refractivity contribution in [3.63, 3.8) is 0 Å². The molecule has 0 aliphatic carbocycles. The number of benzene rings is 2. The number of aryl methyl sites for hydroxylation is 3. The zero-order valence-electron chi connectivity index (χ0n) is 18.2. The summed E-state index contributed by atoms with van der Waals surface area (Å²) in [7, 11) is 0. The number of ether oxygens (including phenoxy) is 1. The average Bonchev–Trinajstić information content (AvgIpc) is 2.73. The fourth-order valence-corrected chi connectivity index (χ4v) is 3.84. The van der Waals surface area contributed by atoms with Gasteiger partial charge in [0.05, 0.1) is 6.54 Å². The number of carbonyl (C=O) groups is 1. The molecule has 3 aromatic rings. The highest BCUT2D eigenvalue weighted by Crippen LogP contribution is 2.32. The van der Waals surface area contributed by atoms with Gasteiger partial charge in [-0.05, 0) is 50.6 Å². The van der Waals surface area contributed by atoms with E-state index in [9.17, 15) is 26.7 Å². The Hall–Kier alpha value is -3.28. The maximum absolute atomic E-state index is 14.7. The first-order chi connectivity index (χ1) is 15.8. The summed E-state index contributed by atoms with van der Waals surface area (Å²) in [4.78, 5) is 17.1. The summed E-state index contributed by atoms with van der Waals surface area (Å²) in [5.74, 6) is -4.49. The normalized spacial score (nSPS) is 11.9. The summed E-state index contributed by atoms with van der Waals surface area (Å²) in [5.41, 5.74) is 0.798. The van der Waals surface area contributed by atoms with Gasteiger partial charge in [0.15, 0.2) is 10.7 Å². The Bertz CT molecular complexity index is 1190. The maximum Gasteiger partial charge on any atom is 0.573 e. The summed E-state index contributed by atoms with van der Waals surface area (Å²) < 4.78 is 70.3. The minimum atomic E-state index is -4.83. The lowest BCUT2D eigenvalue weighted by Crippen LogP contribution is -2.36. The van der Waals surface area contributed by atoms with Gasteiger partial charge >= 0.3 is 6.36 Å². The van der Waals surface area contributed by atoms with Crippen LogP contribution in [0, 0.1) is 20.8 Å². The van der Waals surface area contributed by atoms with E-state index in [0.29, 0.717) is 10.5 Å². The molecule has 1 heterocycles. The van der Waals surface area contributed by atoms with Crippen molar-refractivity contribution in [3.8, 4) is 5.75 Å². The Morgan fingerprint density at radius 2 is 1.68 bits per heavy atom. The van der Waals surface area contributed by atoms with E-state index in [1.807, 2.05) is 0 Å². The lowest BCUT2D eigenvalue weighted by atomic mass is 10.0. The van der Waals surface area contributed by atoms with Crippen LogP contribution in [-0.2, 0) is 5.92 Å². The number of halogens is 5. The standard InChI is InChI=1S/C22H19F5N4O2S/c1-12-4-9-17(13(2)10-12)21(23,24)11-28-19(32)18-20(31-30-14(3)29-18)34-16-7-5-15(6-8-16)33-22(25,26)27/h4-10H,11H2,1-3H3,(H,28,32). The van der Waals surface area contributed by atoms with Crippen molar-refractivity contribution in [2.45, 2.75) is 43.0 Å². The molecule has 0 bridgehead atoms. The third-order valence-electron chi connectivity index (χ3n) is 4.50. The molecule has 0 fully saturated rings. The minimum absolute atomic E-state index is 0.00224. The van der Waals surface area contributed by atoms with Gasteiger partial charge in [-0.3, -0.25) is 4.79 Å². The van der Waals surface area contributed by atoms with Crippen molar-refractivity contribution in [1.29, 1.82) is 0 Å². The van der Waals surface area contributed by atoms with Gasteiger partial charge in [0, 0.05) is 10.5 Å². The van der Waals surface area contributed by atoms with E-state index in [1.54, 1.807) is 26.0 Å². The molecule has 0 saturated heterocycles. The van der Waals surface area contributed by atoms with Gasteiger partial charge in [0.1, 0.15) is 11.6 Å². The van der Waals surface area contributed by atoms with Crippen molar-refractivity contribution < 1.29 is 31.5 Å². The fourth-order valence-electron chi connectivity index (χ4n) is 3.03. The van der Waals surface area contributed by atoms with Crippen LogP contribution in [0.25, 0.3) is 0 Å². The number of nitrogens with zero attached hydrogens (tertiary/aromatic N) is 3. The molecule has 1 amide bonds. The number of carbonyl (C=O) groups excluding carboxylic acids is 1. The Balaban J connectivity index is 1.75. The SMILES string of the molecule is Cc1ccc(C(F)(F)CNC(=O)c2nc(C)nnc2Sc2ccc(OC(F)(F)F)cc2)c(C)c1. The van der Waals surface area contributed by atoms with E-state index in [2.05, 4.69) is 25.2 Å². The van der Waals surface area contributed by atoms with Crippen LogP contribution >= 0.6 is 11.8 Å². The predicted molar refractivity (Wildman–Crippen MR) is 114 cm³/mol. The van der Waals surface area contributed by atoms with Crippen LogP contribution in [0.1, 0.15) is 33.0 Å². The molecule has 34 heavy (non-hydrogen) atoms. The number of hydrogen-bond acceptors (Lipinski definition) is 6. The Labute approximate surface area is 196 Å². The molecular formula is C22H19F5N4O2S. The Morgan fingerprint density at radius 1 is 1.00 bits per heavy atom. The van der Waals surface area contributed by atoms with Gasteiger partial charge in [-0.15, -0.1) is 23.4 Å². The van der Waals surface area contributed by atoms with Crippen LogP contribution in [0.3, 0.4) is 0 Å². The van der Waals surface area contributed by atoms with E-state index in [1.165, 1.54) is 25.1 Å². The van der Waals surface area contributed by atoms with Crippen LogP contribution in [0.5, 0.6) is 5.75 Å². The molecule has 1 aromatic heterocycles. The molecule has 0 aliphatic rings. The van der Waals surface area contributed by atoms with Crippen LogP contribution in [-0.4, -0.2) is 34.0 Å². The molecule has 180 valence electrons. The highest BCUT2D eigenvalue weighted by molar-refractivity contribution is 7.99. The topological polar surface area (TPSA) is 77.0 Å². The third kappa shape index (κ3) is 6.62. The van der Waals surface area contributed by atoms with Crippen molar-refractivity contribution in [2.24, 2.45) is 0 Å². The molecule has 3 rings (SSSR count). The van der Waals surface area contributed by atoms with E-state index in [-0.39, 0.29) is 22.1 Å². The first-order valence-corrected chi connectivity index (χ1v) is 10.6. The summed E-state index contributed by atoms with van der Waals surface area (Å²) >= 11 is 0.890. The number of hydrogen-bond donors (Lipinski definition) is 1. The van der Waals surface area contributed by atoms with Crippen molar-refractivity contribution in [3.05, 3.63) is 70.7 Å². The summed E-state index contributed by atoms with van der Waals surface area (Å²) in [6.45, 7) is 3.87. The molecule has 2 aromatic carbocycles. The monoisotopic (exact) mass is 498 g/mol. The molecule has 0 atom stereocenters. The molecule has 0 unspecified atom stereocenters. The van der Waals surface area contributed by atoms with Gasteiger partial charge in [-0.2, -0.15) is 8.78 Å². The van der Waals surface area contributed by atoms with E-state index >= 15 is 0 Å². The molecular weight excluding hydrogens is 479 g/mol. The van der Waals surface area contributed by atoms with Crippen LogP contribution in [0.15, 0.2) is 52.4 Å². The first-order valence-electron chi connectivity index (χ1n) is 9.83. The van der Waals surface area contributed by atoms with Crippen molar-refractivity contribution >= 4 is 17.7 Å². The molecule has 0 spiro atoms. The first kappa shape index (κ1) is 25.3. The zero-order valence-corrected chi connectivity index (χ0v) is 19.0. The smallest absolute Gasteiger partial charge is 0.406 e. The van der Waals surface area contributed by atoms with E-state index in [0.717, 1.165) is 29.5 Å². The van der Waals surface area contributed by atoms with Gasteiger partial charge < -0.3 is 10.1 Å². The largest absolute Gasteiger partial charge is 0.573 e. The molecule has 0 aliphatic heterocycles. The molecule has 6 nitrogen and oxygen atoms in total. The summed E-state index contributed by atoms with van der Waals surface area (Å²) in [6, 6.07) is 9.34. The van der Waals surface area contributed by atoms with Gasteiger partial charge in [0.2, 0.25) is 0 Å². The lowest BCUT2D eigenvalue weighted by molar-refractivity contribution is -0.274. The van der Waals surface area contributed by atoms with Crippen molar-refractivity contribution in [1.82, 2.24) is 20.5 Å². The Morgan fingerprint density at radius 3 is 2.29 bits per heavy atom. The quantitative estimate of drug-likeness (QED) is 0.442. The zero-order chi connectivity index (χ0) is 25.1.